The van der Waals surface area contributed by atoms with Crippen LogP contribution in [0.15, 0.2) is 36.5 Å². The third-order valence-corrected chi connectivity index (χ3v) is 4.65. The van der Waals surface area contributed by atoms with Crippen LogP contribution in [0.25, 0.3) is 0 Å². The number of aromatic nitrogens is 1. The molecule has 0 bridgehead atoms. The Kier molecular flexibility index (Phi) is 5.26. The standard InChI is InChI=1S/C16H22N4OS/c17-16-18-12-15(22-16)13-20-8-6-19(7-9-20)10-11-21-14-4-2-1-3-5-14/h1-5,12H,6-11,13H2,(H2,17,18). The van der Waals surface area contributed by atoms with Crippen LogP contribution in [0.1, 0.15) is 4.88 Å². The zero-order chi connectivity index (χ0) is 15.2. The van der Waals surface area contributed by atoms with Gasteiger partial charge in [0.25, 0.3) is 0 Å². The van der Waals surface area contributed by atoms with E-state index in [1.807, 2.05) is 36.5 Å². The molecule has 0 amide bonds. The van der Waals surface area contributed by atoms with Crippen molar-refractivity contribution in [3.8, 4) is 5.75 Å². The van der Waals surface area contributed by atoms with Crippen LogP contribution in [-0.4, -0.2) is 54.1 Å². The molecule has 1 aliphatic heterocycles. The Morgan fingerprint density at radius 3 is 2.50 bits per heavy atom. The van der Waals surface area contributed by atoms with Crippen LogP contribution in [-0.2, 0) is 6.54 Å². The van der Waals surface area contributed by atoms with Crippen molar-refractivity contribution in [3.63, 3.8) is 0 Å². The fraction of sp³-hybridized carbons (Fsp3) is 0.438. The zero-order valence-corrected chi connectivity index (χ0v) is 13.5. The maximum absolute atomic E-state index is 5.76. The number of nitrogen functional groups attached to an aromatic ring is 1. The SMILES string of the molecule is Nc1ncc(CN2CCN(CCOc3ccccc3)CC2)s1. The lowest BCUT2D eigenvalue weighted by Crippen LogP contribution is -2.46. The van der Waals surface area contributed by atoms with Crippen molar-refractivity contribution in [2.75, 3.05) is 45.1 Å². The van der Waals surface area contributed by atoms with Gasteiger partial charge in [0.05, 0.1) is 0 Å². The maximum atomic E-state index is 5.76. The fourth-order valence-corrected chi connectivity index (χ4v) is 3.32. The van der Waals surface area contributed by atoms with E-state index in [9.17, 15) is 0 Å². The van der Waals surface area contributed by atoms with Crippen LogP contribution in [0.5, 0.6) is 5.75 Å². The highest BCUT2D eigenvalue weighted by Crippen LogP contribution is 2.17. The Morgan fingerprint density at radius 1 is 1.09 bits per heavy atom. The van der Waals surface area contributed by atoms with Gasteiger partial charge in [-0.3, -0.25) is 9.80 Å². The van der Waals surface area contributed by atoms with Crippen LogP contribution in [0.2, 0.25) is 0 Å². The first-order chi connectivity index (χ1) is 10.8. The van der Waals surface area contributed by atoms with Crippen LogP contribution < -0.4 is 10.5 Å². The largest absolute Gasteiger partial charge is 0.492 e. The van der Waals surface area contributed by atoms with Gasteiger partial charge in [0.1, 0.15) is 12.4 Å². The molecule has 0 saturated carbocycles. The smallest absolute Gasteiger partial charge is 0.180 e. The third-order valence-electron chi connectivity index (χ3n) is 3.84. The predicted molar refractivity (Wildman–Crippen MR) is 90.2 cm³/mol. The second-order valence-corrected chi connectivity index (χ2v) is 6.59. The molecular formula is C16H22N4OS. The van der Waals surface area contributed by atoms with Gasteiger partial charge in [0.15, 0.2) is 5.13 Å². The Morgan fingerprint density at radius 2 is 1.82 bits per heavy atom. The summed E-state index contributed by atoms with van der Waals surface area (Å²) in [4.78, 5) is 10.3. The predicted octanol–water partition coefficient (Wildman–Crippen LogP) is 1.92. The van der Waals surface area contributed by atoms with Gasteiger partial charge in [-0.15, -0.1) is 11.3 Å². The molecule has 1 aromatic carbocycles. The van der Waals surface area contributed by atoms with Crippen molar-refractivity contribution in [2.24, 2.45) is 0 Å². The molecule has 0 aliphatic carbocycles. The Balaban J connectivity index is 1.35. The number of anilines is 1. The molecule has 1 fully saturated rings. The number of benzene rings is 1. The van der Waals surface area contributed by atoms with Crippen LogP contribution in [0.3, 0.4) is 0 Å². The van der Waals surface area contributed by atoms with Gasteiger partial charge in [0, 0.05) is 50.3 Å². The number of nitrogens with two attached hydrogens (primary N) is 1. The average Bonchev–Trinajstić information content (AvgIpc) is 2.95. The zero-order valence-electron chi connectivity index (χ0n) is 12.6. The summed E-state index contributed by atoms with van der Waals surface area (Å²) in [6, 6.07) is 10.0. The molecule has 0 atom stereocenters. The molecular weight excluding hydrogens is 296 g/mol. The number of ether oxygens (including phenoxy) is 1. The minimum absolute atomic E-state index is 0.659. The summed E-state index contributed by atoms with van der Waals surface area (Å²) in [6.45, 7) is 7.04. The Bertz CT molecular complexity index is 567. The van der Waals surface area contributed by atoms with Gasteiger partial charge < -0.3 is 10.5 Å². The second kappa shape index (κ2) is 7.58. The van der Waals surface area contributed by atoms with Gasteiger partial charge in [0.2, 0.25) is 0 Å². The van der Waals surface area contributed by atoms with Crippen molar-refractivity contribution < 1.29 is 4.74 Å². The number of piperazine rings is 1. The summed E-state index contributed by atoms with van der Waals surface area (Å²) in [5, 5.41) is 0.659. The quantitative estimate of drug-likeness (QED) is 0.882. The summed E-state index contributed by atoms with van der Waals surface area (Å²) >= 11 is 1.59. The molecule has 5 nitrogen and oxygen atoms in total. The van der Waals surface area contributed by atoms with Crippen molar-refractivity contribution in [2.45, 2.75) is 6.54 Å². The molecule has 1 aliphatic rings. The number of thiazole rings is 1. The van der Waals surface area contributed by atoms with Gasteiger partial charge in [-0.2, -0.15) is 0 Å². The number of rotatable bonds is 6. The molecule has 0 unspecified atom stereocenters. The van der Waals surface area contributed by atoms with Crippen molar-refractivity contribution in [1.82, 2.24) is 14.8 Å². The maximum Gasteiger partial charge on any atom is 0.180 e. The molecule has 2 aromatic rings. The van der Waals surface area contributed by atoms with E-state index >= 15 is 0 Å². The Labute approximate surface area is 135 Å². The van der Waals surface area contributed by atoms with Crippen molar-refractivity contribution >= 4 is 16.5 Å². The summed E-state index contributed by atoms with van der Waals surface area (Å²) < 4.78 is 5.76. The number of nitrogens with zero attached hydrogens (tertiary/aromatic N) is 3. The lowest BCUT2D eigenvalue weighted by molar-refractivity contribution is 0.113. The number of hydrogen-bond acceptors (Lipinski definition) is 6. The monoisotopic (exact) mass is 318 g/mol. The first-order valence-electron chi connectivity index (χ1n) is 7.62. The van der Waals surface area contributed by atoms with Gasteiger partial charge >= 0.3 is 0 Å². The Hall–Kier alpha value is -1.63. The molecule has 0 radical (unpaired) electrons. The van der Waals surface area contributed by atoms with E-state index in [1.54, 1.807) is 11.3 Å². The minimum atomic E-state index is 0.659. The first kappa shape index (κ1) is 15.3. The van der Waals surface area contributed by atoms with E-state index in [0.717, 1.165) is 51.6 Å². The van der Waals surface area contributed by atoms with E-state index < -0.39 is 0 Å². The van der Waals surface area contributed by atoms with E-state index in [1.165, 1.54) is 4.88 Å². The van der Waals surface area contributed by atoms with Crippen molar-refractivity contribution in [3.05, 3.63) is 41.4 Å². The molecule has 1 aromatic heterocycles. The average molecular weight is 318 g/mol. The van der Waals surface area contributed by atoms with E-state index in [2.05, 4.69) is 14.8 Å². The highest BCUT2D eigenvalue weighted by Gasteiger charge is 2.17. The van der Waals surface area contributed by atoms with Crippen LogP contribution >= 0.6 is 11.3 Å². The van der Waals surface area contributed by atoms with E-state index in [0.29, 0.717) is 5.13 Å². The summed E-state index contributed by atoms with van der Waals surface area (Å²) in [6.07, 6.45) is 1.89. The molecule has 6 heteroatoms. The summed E-state index contributed by atoms with van der Waals surface area (Å²) in [5.41, 5.74) is 5.68. The molecule has 118 valence electrons. The third kappa shape index (κ3) is 4.43. The van der Waals surface area contributed by atoms with Gasteiger partial charge in [-0.05, 0) is 12.1 Å². The number of hydrogen-bond donors (Lipinski definition) is 1. The normalized spacial score (nSPS) is 16.7. The highest BCUT2D eigenvalue weighted by atomic mass is 32.1. The molecule has 1 saturated heterocycles. The lowest BCUT2D eigenvalue weighted by Gasteiger charge is -2.34. The molecule has 2 heterocycles. The van der Waals surface area contributed by atoms with Gasteiger partial charge in [-0.1, -0.05) is 18.2 Å². The highest BCUT2D eigenvalue weighted by molar-refractivity contribution is 7.15. The minimum Gasteiger partial charge on any atom is -0.492 e. The number of para-hydroxylation sites is 1. The first-order valence-corrected chi connectivity index (χ1v) is 8.44. The summed E-state index contributed by atoms with van der Waals surface area (Å²) in [5.74, 6) is 0.948. The molecule has 0 spiro atoms. The van der Waals surface area contributed by atoms with Gasteiger partial charge in [-0.25, -0.2) is 4.98 Å². The fourth-order valence-electron chi connectivity index (χ4n) is 2.60. The second-order valence-electron chi connectivity index (χ2n) is 5.44. The van der Waals surface area contributed by atoms with E-state index in [-0.39, 0.29) is 0 Å². The van der Waals surface area contributed by atoms with Crippen LogP contribution in [0.4, 0.5) is 5.13 Å². The van der Waals surface area contributed by atoms with E-state index in [4.69, 9.17) is 10.5 Å². The topological polar surface area (TPSA) is 54.6 Å². The van der Waals surface area contributed by atoms with Crippen molar-refractivity contribution in [1.29, 1.82) is 0 Å². The molecule has 2 N–H and O–H groups in total. The van der Waals surface area contributed by atoms with Crippen LogP contribution in [0, 0.1) is 0 Å². The molecule has 22 heavy (non-hydrogen) atoms. The lowest BCUT2D eigenvalue weighted by atomic mass is 10.3. The molecule has 3 rings (SSSR count). The summed E-state index contributed by atoms with van der Waals surface area (Å²) in [7, 11) is 0.